The predicted molar refractivity (Wildman–Crippen MR) is 84.5 cm³/mol. The molecule has 6 nitrogen and oxygen atoms in total. The third kappa shape index (κ3) is 4.18. The van der Waals surface area contributed by atoms with Gasteiger partial charge in [0.1, 0.15) is 0 Å². The Morgan fingerprint density at radius 3 is 2.23 bits per heavy atom. The lowest BCUT2D eigenvalue weighted by atomic mass is 9.78. The highest BCUT2D eigenvalue weighted by molar-refractivity contribution is 6.35. The van der Waals surface area contributed by atoms with Crippen molar-refractivity contribution in [3.8, 4) is 0 Å². The van der Waals surface area contributed by atoms with Gasteiger partial charge in [0, 0.05) is 15.2 Å². The van der Waals surface area contributed by atoms with E-state index in [1.807, 2.05) is 0 Å². The number of carbonyl (C=O) groups is 2. The molecule has 0 saturated heterocycles. The zero-order valence-corrected chi connectivity index (χ0v) is 13.2. The van der Waals surface area contributed by atoms with E-state index in [9.17, 15) is 14.5 Å². The third-order valence-corrected chi connectivity index (χ3v) is 4.14. The Kier molecular flexibility index (Phi) is 5.74. The quantitative estimate of drug-likeness (QED) is 0.646. The van der Waals surface area contributed by atoms with Crippen molar-refractivity contribution in [1.29, 1.82) is 0 Å². The largest absolute Gasteiger partial charge is 0.299 e. The van der Waals surface area contributed by atoms with Gasteiger partial charge in [-0.2, -0.15) is 0 Å². The minimum absolute atomic E-state index is 0.349. The fraction of sp³-hybridized carbons (Fsp3) is 0.429. The van der Waals surface area contributed by atoms with Crippen LogP contribution in [0.2, 0.25) is 10.0 Å². The lowest BCUT2D eigenvalue weighted by Gasteiger charge is -2.27. The van der Waals surface area contributed by atoms with Crippen LogP contribution in [0.1, 0.15) is 25.7 Å². The van der Waals surface area contributed by atoms with Crippen LogP contribution >= 0.6 is 23.2 Å². The molecule has 2 amide bonds. The van der Waals surface area contributed by atoms with Crippen LogP contribution in [0.4, 0.5) is 5.69 Å². The van der Waals surface area contributed by atoms with Gasteiger partial charge < -0.3 is 0 Å². The highest BCUT2D eigenvalue weighted by Crippen LogP contribution is 2.31. The molecule has 8 heteroatoms. The standard InChI is InChI=1S/C14H15Cl2N3O3/c15-8-5-9(16)7-10(6-8)17-18-13(20)11-3-1-2-4-12(11)14(21)19-22/h5-7,11-12,17H,1-4H2,(H,18,20). The maximum Gasteiger partial charge on any atom is 0.290 e. The van der Waals surface area contributed by atoms with Gasteiger partial charge in [-0.05, 0) is 31.0 Å². The Morgan fingerprint density at radius 2 is 1.64 bits per heavy atom. The van der Waals surface area contributed by atoms with E-state index in [0.717, 1.165) is 12.8 Å². The summed E-state index contributed by atoms with van der Waals surface area (Å²) in [7, 11) is 0. The van der Waals surface area contributed by atoms with Crippen molar-refractivity contribution in [2.75, 3.05) is 5.43 Å². The van der Waals surface area contributed by atoms with E-state index >= 15 is 0 Å². The number of nitroso groups, excluding NO2 is 1. The highest BCUT2D eigenvalue weighted by Gasteiger charge is 2.36. The van der Waals surface area contributed by atoms with Gasteiger partial charge in [-0.1, -0.05) is 36.0 Å². The van der Waals surface area contributed by atoms with Crippen LogP contribution < -0.4 is 10.9 Å². The van der Waals surface area contributed by atoms with Crippen LogP contribution in [-0.2, 0) is 9.59 Å². The summed E-state index contributed by atoms with van der Waals surface area (Å²) in [5.41, 5.74) is 5.77. The fourth-order valence-electron chi connectivity index (χ4n) is 2.66. The third-order valence-electron chi connectivity index (χ3n) is 3.70. The minimum Gasteiger partial charge on any atom is -0.299 e. The van der Waals surface area contributed by atoms with Gasteiger partial charge in [0.05, 0.1) is 17.5 Å². The molecule has 118 valence electrons. The summed E-state index contributed by atoms with van der Waals surface area (Å²) in [6.07, 6.45) is 2.71. The van der Waals surface area contributed by atoms with Crippen molar-refractivity contribution in [3.63, 3.8) is 0 Å². The molecule has 2 N–H and O–H groups in total. The summed E-state index contributed by atoms with van der Waals surface area (Å²) >= 11 is 11.7. The summed E-state index contributed by atoms with van der Waals surface area (Å²) in [5, 5.41) is 3.32. The number of amides is 2. The molecule has 2 rings (SSSR count). The van der Waals surface area contributed by atoms with Gasteiger partial charge in [-0.15, -0.1) is 4.91 Å². The SMILES string of the molecule is O=NC(=O)C1CCCCC1C(=O)NNc1cc(Cl)cc(Cl)c1. The lowest BCUT2D eigenvalue weighted by Crippen LogP contribution is -2.41. The molecule has 22 heavy (non-hydrogen) atoms. The van der Waals surface area contributed by atoms with Crippen molar-refractivity contribution >= 4 is 40.7 Å². The van der Waals surface area contributed by atoms with E-state index in [4.69, 9.17) is 23.2 Å². The topological polar surface area (TPSA) is 87.6 Å². The molecule has 1 aliphatic carbocycles. The lowest BCUT2D eigenvalue weighted by molar-refractivity contribution is -0.134. The second-order valence-electron chi connectivity index (χ2n) is 5.20. The molecule has 1 fully saturated rings. The van der Waals surface area contributed by atoms with Crippen molar-refractivity contribution in [2.24, 2.45) is 17.0 Å². The maximum absolute atomic E-state index is 12.2. The molecule has 0 spiro atoms. The number of nitrogens with zero attached hydrogens (tertiary/aromatic N) is 1. The van der Waals surface area contributed by atoms with Crippen molar-refractivity contribution < 1.29 is 9.59 Å². The van der Waals surface area contributed by atoms with E-state index in [1.54, 1.807) is 18.2 Å². The molecule has 1 aromatic rings. The van der Waals surface area contributed by atoms with Crippen molar-refractivity contribution in [3.05, 3.63) is 33.2 Å². The van der Waals surface area contributed by atoms with Crippen LogP contribution in [0, 0.1) is 16.7 Å². The average Bonchev–Trinajstić information content (AvgIpc) is 2.51. The maximum atomic E-state index is 12.2. The smallest absolute Gasteiger partial charge is 0.290 e. The van der Waals surface area contributed by atoms with E-state index in [0.29, 0.717) is 28.6 Å². The zero-order valence-electron chi connectivity index (χ0n) is 11.6. The Balaban J connectivity index is 2.00. The van der Waals surface area contributed by atoms with Gasteiger partial charge >= 0.3 is 0 Å². The van der Waals surface area contributed by atoms with Crippen LogP contribution in [0.3, 0.4) is 0 Å². The summed E-state index contributed by atoms with van der Waals surface area (Å²) < 4.78 is 0. The first-order chi connectivity index (χ1) is 10.5. The molecule has 0 aliphatic heterocycles. The number of halogens is 2. The molecule has 1 aliphatic rings. The first-order valence-electron chi connectivity index (χ1n) is 6.90. The fourth-order valence-corrected chi connectivity index (χ4v) is 3.19. The monoisotopic (exact) mass is 343 g/mol. The number of carbonyl (C=O) groups excluding carboxylic acids is 2. The molecule has 0 bridgehead atoms. The van der Waals surface area contributed by atoms with Gasteiger partial charge in [-0.25, -0.2) is 0 Å². The Bertz CT molecular complexity index is 574. The Labute approximate surface area is 137 Å². The van der Waals surface area contributed by atoms with E-state index < -0.39 is 17.7 Å². The predicted octanol–water partition coefficient (Wildman–Crippen LogP) is 3.54. The zero-order chi connectivity index (χ0) is 16.1. The number of nitrogens with one attached hydrogen (secondary N) is 2. The normalized spacial score (nSPS) is 21.0. The van der Waals surface area contributed by atoms with Gasteiger partial charge in [0.25, 0.3) is 5.91 Å². The molecule has 0 radical (unpaired) electrons. The Hall–Kier alpha value is -1.66. The van der Waals surface area contributed by atoms with Crippen molar-refractivity contribution in [1.82, 2.24) is 5.43 Å². The number of hydrogen-bond donors (Lipinski definition) is 2. The minimum atomic E-state index is -0.759. The average molecular weight is 344 g/mol. The number of hydrogen-bond acceptors (Lipinski definition) is 4. The summed E-state index contributed by atoms with van der Waals surface area (Å²) in [6, 6.07) is 4.77. The molecular weight excluding hydrogens is 329 g/mol. The van der Waals surface area contributed by atoms with E-state index in [1.165, 1.54) is 0 Å². The summed E-state index contributed by atoms with van der Waals surface area (Å²) in [6.45, 7) is 0. The van der Waals surface area contributed by atoms with E-state index in [-0.39, 0.29) is 5.91 Å². The van der Waals surface area contributed by atoms with Crippen LogP contribution in [0.25, 0.3) is 0 Å². The first-order valence-corrected chi connectivity index (χ1v) is 7.66. The number of hydrazine groups is 1. The van der Waals surface area contributed by atoms with Crippen LogP contribution in [0.15, 0.2) is 23.4 Å². The highest BCUT2D eigenvalue weighted by atomic mass is 35.5. The number of benzene rings is 1. The van der Waals surface area contributed by atoms with E-state index in [2.05, 4.69) is 16.0 Å². The molecular formula is C14H15Cl2N3O3. The molecule has 0 aromatic heterocycles. The van der Waals surface area contributed by atoms with Gasteiger partial charge in [-0.3, -0.25) is 20.4 Å². The molecule has 1 aromatic carbocycles. The Morgan fingerprint density at radius 1 is 1.05 bits per heavy atom. The van der Waals surface area contributed by atoms with Gasteiger partial charge in [0.2, 0.25) is 5.91 Å². The number of rotatable bonds is 4. The summed E-state index contributed by atoms with van der Waals surface area (Å²) in [5.74, 6) is -2.31. The molecule has 2 unspecified atom stereocenters. The summed E-state index contributed by atoms with van der Waals surface area (Å²) in [4.78, 5) is 34.2. The van der Waals surface area contributed by atoms with Gasteiger partial charge in [0.15, 0.2) is 0 Å². The first kappa shape index (κ1) is 16.7. The second kappa shape index (κ2) is 7.56. The van der Waals surface area contributed by atoms with Crippen molar-refractivity contribution in [2.45, 2.75) is 25.7 Å². The molecule has 2 atom stereocenters. The number of anilines is 1. The van der Waals surface area contributed by atoms with Crippen LogP contribution in [-0.4, -0.2) is 11.8 Å². The molecule has 1 saturated carbocycles. The molecule has 0 heterocycles. The van der Waals surface area contributed by atoms with Crippen LogP contribution in [0.5, 0.6) is 0 Å². The second-order valence-corrected chi connectivity index (χ2v) is 6.07.